The van der Waals surface area contributed by atoms with Gasteiger partial charge in [-0.1, -0.05) is 0 Å². The predicted octanol–water partition coefficient (Wildman–Crippen LogP) is 0.520. The monoisotopic (exact) mass is 174 g/mol. The lowest BCUT2D eigenvalue weighted by atomic mass is 10.3. The minimum absolute atomic E-state index is 0.412. The van der Waals surface area contributed by atoms with Crippen molar-refractivity contribution in [3.05, 3.63) is 10.1 Å². The minimum atomic E-state index is -1.12. The van der Waals surface area contributed by atoms with Gasteiger partial charge < -0.3 is 4.90 Å². The van der Waals surface area contributed by atoms with Crippen LogP contribution >= 0.6 is 0 Å². The molecule has 0 aliphatic rings. The second-order valence-corrected chi connectivity index (χ2v) is 2.47. The van der Waals surface area contributed by atoms with Gasteiger partial charge in [-0.05, 0) is 13.8 Å². The van der Waals surface area contributed by atoms with Gasteiger partial charge in [0.1, 0.15) is 0 Å². The molecule has 1 amide bonds. The van der Waals surface area contributed by atoms with E-state index in [1.54, 1.807) is 13.8 Å². The highest BCUT2D eigenvalue weighted by Gasteiger charge is 2.26. The lowest BCUT2D eigenvalue weighted by Gasteiger charge is -2.18. The van der Waals surface area contributed by atoms with E-state index in [0.29, 0.717) is 13.1 Å². The zero-order valence-corrected chi connectivity index (χ0v) is 7.61. The van der Waals surface area contributed by atoms with Gasteiger partial charge in [-0.3, -0.25) is 14.9 Å². The largest absolute Gasteiger partial charge is 0.337 e. The number of hydrogen-bond acceptors (Lipinski definition) is 3. The van der Waals surface area contributed by atoms with Crippen LogP contribution in [0.25, 0.3) is 0 Å². The zero-order chi connectivity index (χ0) is 9.72. The summed E-state index contributed by atoms with van der Waals surface area (Å²) in [6, 6.07) is -1.12. The van der Waals surface area contributed by atoms with Crippen molar-refractivity contribution >= 4 is 5.91 Å². The smallest absolute Gasteiger partial charge is 0.297 e. The average molecular weight is 174 g/mol. The second-order valence-electron chi connectivity index (χ2n) is 2.47. The molecule has 1 atom stereocenters. The van der Waals surface area contributed by atoms with E-state index in [4.69, 9.17) is 0 Å². The Kier molecular flexibility index (Phi) is 4.25. The summed E-state index contributed by atoms with van der Waals surface area (Å²) in [5, 5.41) is 10.2. The fourth-order valence-electron chi connectivity index (χ4n) is 0.890. The molecule has 0 aromatic carbocycles. The number of nitro groups is 1. The number of nitrogens with zero attached hydrogens (tertiary/aromatic N) is 2. The van der Waals surface area contributed by atoms with Crippen molar-refractivity contribution in [1.29, 1.82) is 0 Å². The van der Waals surface area contributed by atoms with Crippen LogP contribution in [-0.2, 0) is 4.79 Å². The third-order valence-corrected chi connectivity index (χ3v) is 1.75. The highest BCUT2D eigenvalue weighted by molar-refractivity contribution is 5.80. The van der Waals surface area contributed by atoms with Gasteiger partial charge in [-0.25, -0.2) is 0 Å². The van der Waals surface area contributed by atoms with Crippen LogP contribution in [0.15, 0.2) is 0 Å². The van der Waals surface area contributed by atoms with E-state index in [9.17, 15) is 14.9 Å². The number of hydrogen-bond donors (Lipinski definition) is 0. The molecule has 0 spiro atoms. The Morgan fingerprint density at radius 2 is 1.92 bits per heavy atom. The first kappa shape index (κ1) is 10.9. The molecule has 0 aromatic rings. The SMILES string of the molecule is CCN(CC)C(=O)[C@H](C)[N+](=O)[O-]. The normalized spacial score (nSPS) is 12.2. The Labute approximate surface area is 71.5 Å². The summed E-state index contributed by atoms with van der Waals surface area (Å²) in [6.45, 7) is 5.95. The third kappa shape index (κ3) is 2.48. The first-order valence-corrected chi connectivity index (χ1v) is 3.96. The lowest BCUT2D eigenvalue weighted by molar-refractivity contribution is -0.504. The van der Waals surface area contributed by atoms with Gasteiger partial charge >= 0.3 is 0 Å². The molecule has 0 unspecified atom stereocenters. The van der Waals surface area contributed by atoms with E-state index < -0.39 is 16.9 Å². The Morgan fingerprint density at radius 3 is 2.17 bits per heavy atom. The molecule has 0 N–H and O–H groups in total. The van der Waals surface area contributed by atoms with Gasteiger partial charge in [0.05, 0.1) is 0 Å². The predicted molar refractivity (Wildman–Crippen MR) is 44.4 cm³/mol. The molecule has 0 fully saturated rings. The van der Waals surface area contributed by atoms with Crippen molar-refractivity contribution in [2.24, 2.45) is 0 Å². The molecule has 0 radical (unpaired) electrons. The average Bonchev–Trinajstić information content (AvgIpc) is 2.05. The topological polar surface area (TPSA) is 63.5 Å². The maximum absolute atomic E-state index is 11.2. The van der Waals surface area contributed by atoms with Crippen molar-refractivity contribution in [2.45, 2.75) is 26.8 Å². The van der Waals surface area contributed by atoms with Gasteiger partial charge in [0.25, 0.3) is 11.9 Å². The van der Waals surface area contributed by atoms with Crippen LogP contribution in [0.2, 0.25) is 0 Å². The molecular weight excluding hydrogens is 160 g/mol. The molecule has 0 heterocycles. The molecular formula is C7H14N2O3. The van der Waals surface area contributed by atoms with Gasteiger partial charge in [0.2, 0.25) is 0 Å². The fraction of sp³-hybridized carbons (Fsp3) is 0.857. The van der Waals surface area contributed by atoms with Crippen LogP contribution in [-0.4, -0.2) is 34.9 Å². The van der Waals surface area contributed by atoms with Crippen LogP contribution < -0.4 is 0 Å². The Bertz CT molecular complexity index is 177. The van der Waals surface area contributed by atoms with Gasteiger partial charge in [0.15, 0.2) is 0 Å². The van der Waals surface area contributed by atoms with E-state index in [1.165, 1.54) is 11.8 Å². The maximum Gasteiger partial charge on any atom is 0.297 e. The van der Waals surface area contributed by atoms with Crippen molar-refractivity contribution in [3.63, 3.8) is 0 Å². The van der Waals surface area contributed by atoms with Crippen molar-refractivity contribution in [3.8, 4) is 0 Å². The number of amides is 1. The summed E-state index contributed by atoms with van der Waals surface area (Å²) >= 11 is 0. The van der Waals surface area contributed by atoms with E-state index in [0.717, 1.165) is 0 Å². The van der Waals surface area contributed by atoms with E-state index in [1.807, 2.05) is 0 Å². The van der Waals surface area contributed by atoms with Crippen molar-refractivity contribution in [1.82, 2.24) is 4.90 Å². The molecule has 0 aliphatic carbocycles. The van der Waals surface area contributed by atoms with E-state index in [2.05, 4.69) is 0 Å². The summed E-state index contributed by atoms with van der Waals surface area (Å²) in [6.07, 6.45) is 0. The highest BCUT2D eigenvalue weighted by Crippen LogP contribution is 1.97. The molecule has 0 saturated heterocycles. The van der Waals surface area contributed by atoms with E-state index >= 15 is 0 Å². The molecule has 12 heavy (non-hydrogen) atoms. The highest BCUT2D eigenvalue weighted by atomic mass is 16.6. The van der Waals surface area contributed by atoms with Crippen LogP contribution in [0.5, 0.6) is 0 Å². The molecule has 5 heteroatoms. The third-order valence-electron chi connectivity index (χ3n) is 1.75. The first-order chi connectivity index (χ1) is 5.54. The Hall–Kier alpha value is -1.13. The standard InChI is InChI=1S/C7H14N2O3/c1-4-8(5-2)7(10)6(3)9(11)12/h6H,4-5H2,1-3H3/t6-/m0/s1. The molecule has 0 rings (SSSR count). The van der Waals surface area contributed by atoms with Crippen LogP contribution in [0.1, 0.15) is 20.8 Å². The molecule has 0 bridgehead atoms. The lowest BCUT2D eigenvalue weighted by Crippen LogP contribution is -2.41. The Morgan fingerprint density at radius 1 is 1.50 bits per heavy atom. The number of carbonyl (C=O) groups is 1. The van der Waals surface area contributed by atoms with Gasteiger partial charge in [-0.2, -0.15) is 0 Å². The first-order valence-electron chi connectivity index (χ1n) is 3.96. The van der Waals surface area contributed by atoms with Crippen molar-refractivity contribution in [2.75, 3.05) is 13.1 Å². The van der Waals surface area contributed by atoms with Gasteiger partial charge in [0, 0.05) is 24.9 Å². The second kappa shape index (κ2) is 4.69. The number of carbonyl (C=O) groups excluding carboxylic acids is 1. The van der Waals surface area contributed by atoms with Gasteiger partial charge in [-0.15, -0.1) is 0 Å². The summed E-state index contributed by atoms with van der Waals surface area (Å²) in [5.74, 6) is -0.412. The zero-order valence-electron chi connectivity index (χ0n) is 7.61. The fourth-order valence-corrected chi connectivity index (χ4v) is 0.890. The minimum Gasteiger partial charge on any atom is -0.337 e. The van der Waals surface area contributed by atoms with Crippen LogP contribution in [0.4, 0.5) is 0 Å². The van der Waals surface area contributed by atoms with Crippen LogP contribution in [0, 0.1) is 10.1 Å². The summed E-state index contributed by atoms with van der Waals surface area (Å²) in [7, 11) is 0. The molecule has 0 aromatic heterocycles. The van der Waals surface area contributed by atoms with Crippen LogP contribution in [0.3, 0.4) is 0 Å². The van der Waals surface area contributed by atoms with Crippen molar-refractivity contribution < 1.29 is 9.72 Å². The molecule has 0 saturated carbocycles. The molecule has 0 aliphatic heterocycles. The molecule has 70 valence electrons. The summed E-state index contributed by atoms with van der Waals surface area (Å²) in [5.41, 5.74) is 0. The summed E-state index contributed by atoms with van der Waals surface area (Å²) in [4.78, 5) is 22.3. The number of rotatable bonds is 4. The molecule has 5 nitrogen and oxygen atoms in total. The Balaban J connectivity index is 4.25. The quantitative estimate of drug-likeness (QED) is 0.461. The van der Waals surface area contributed by atoms with E-state index in [-0.39, 0.29) is 0 Å². The summed E-state index contributed by atoms with van der Waals surface area (Å²) < 4.78 is 0. The number of likely N-dealkylation sites (N-methyl/N-ethyl adjacent to an activating group) is 1. The maximum atomic E-state index is 11.2.